The Bertz CT molecular complexity index is 1930. The van der Waals surface area contributed by atoms with Crippen molar-refractivity contribution in [3.63, 3.8) is 0 Å². The number of fused-ring (bicyclic) bond motifs is 2. The summed E-state index contributed by atoms with van der Waals surface area (Å²) >= 11 is 0. The molecule has 4 aromatic rings. The Balaban J connectivity index is 1.10. The van der Waals surface area contributed by atoms with Gasteiger partial charge in [0.05, 0.1) is 29.7 Å². The number of benzene rings is 4. The number of nitrogens with zero attached hydrogens (tertiary/aromatic N) is 1. The molecule has 0 saturated carbocycles. The third-order valence-electron chi connectivity index (χ3n) is 9.76. The van der Waals surface area contributed by atoms with Gasteiger partial charge in [0.25, 0.3) is 0 Å². The molecule has 0 bridgehead atoms. The summed E-state index contributed by atoms with van der Waals surface area (Å²) in [7, 11) is -3.40. The molecule has 50 heavy (non-hydrogen) atoms. The van der Waals surface area contributed by atoms with E-state index >= 15 is 0 Å². The number of carbonyl (C=O) groups excluding carboxylic acids is 2. The first kappa shape index (κ1) is 35.6. The van der Waals surface area contributed by atoms with Crippen LogP contribution in [-0.4, -0.2) is 72.9 Å². The van der Waals surface area contributed by atoms with Gasteiger partial charge in [-0.2, -0.15) is 0 Å². The first-order valence-electron chi connectivity index (χ1n) is 17.3. The van der Waals surface area contributed by atoms with Gasteiger partial charge in [-0.05, 0) is 73.2 Å². The Morgan fingerprint density at radius 1 is 0.940 bits per heavy atom. The lowest BCUT2D eigenvalue weighted by atomic mass is 9.91. The summed E-state index contributed by atoms with van der Waals surface area (Å²) in [6.07, 6.45) is -0.258. The SMILES string of the molecule is CC(C)(C)N1C[C@@H](Oc2ccc3ccccc3c2)CC1C(=O)NC[C@@H](O)C[C@H](Cc1ccccc1)C(=O)N[C@@H]1CS(=O)(=O)Cc2ccccc21. The number of aliphatic hydroxyl groups is 1. The number of nitrogens with one attached hydrogen (secondary N) is 2. The zero-order valence-corrected chi connectivity index (χ0v) is 29.7. The number of ether oxygens (including phenoxy) is 1. The predicted octanol–water partition coefficient (Wildman–Crippen LogP) is 4.97. The highest BCUT2D eigenvalue weighted by molar-refractivity contribution is 7.90. The summed E-state index contributed by atoms with van der Waals surface area (Å²) in [5.41, 5.74) is 2.11. The van der Waals surface area contributed by atoms with Gasteiger partial charge >= 0.3 is 0 Å². The summed E-state index contributed by atoms with van der Waals surface area (Å²) in [6.45, 7) is 6.77. The molecule has 2 aliphatic rings. The first-order chi connectivity index (χ1) is 23.8. The van der Waals surface area contributed by atoms with Gasteiger partial charge in [-0.15, -0.1) is 0 Å². The molecule has 1 fully saturated rings. The van der Waals surface area contributed by atoms with Gasteiger partial charge in [-0.3, -0.25) is 14.5 Å². The van der Waals surface area contributed by atoms with Crippen molar-refractivity contribution >= 4 is 32.4 Å². The molecule has 6 rings (SSSR count). The highest BCUT2D eigenvalue weighted by atomic mass is 32.2. The largest absolute Gasteiger partial charge is 0.489 e. The Morgan fingerprint density at radius 2 is 1.64 bits per heavy atom. The molecule has 0 radical (unpaired) electrons. The molecule has 264 valence electrons. The number of carbonyl (C=O) groups is 2. The lowest BCUT2D eigenvalue weighted by Gasteiger charge is -2.36. The summed E-state index contributed by atoms with van der Waals surface area (Å²) in [5.74, 6) is -0.652. The van der Waals surface area contributed by atoms with E-state index in [0.29, 0.717) is 24.9 Å². The van der Waals surface area contributed by atoms with Gasteiger partial charge in [0.15, 0.2) is 9.84 Å². The quantitative estimate of drug-likeness (QED) is 0.202. The molecule has 0 spiro atoms. The fourth-order valence-corrected chi connectivity index (χ4v) is 8.92. The van der Waals surface area contributed by atoms with Crippen molar-refractivity contribution in [2.45, 2.75) is 75.6 Å². The van der Waals surface area contributed by atoms with Crippen LogP contribution in [-0.2, 0) is 31.6 Å². The van der Waals surface area contributed by atoms with Gasteiger partial charge < -0.3 is 20.5 Å². The molecule has 1 unspecified atom stereocenters. The third-order valence-corrected chi connectivity index (χ3v) is 11.3. The lowest BCUT2D eigenvalue weighted by Crippen LogP contribution is -2.52. The average molecular weight is 698 g/mol. The fraction of sp³-hybridized carbons (Fsp3) is 0.400. The molecule has 10 heteroatoms. The van der Waals surface area contributed by atoms with Crippen LogP contribution in [0.25, 0.3) is 10.8 Å². The predicted molar refractivity (Wildman–Crippen MR) is 195 cm³/mol. The summed E-state index contributed by atoms with van der Waals surface area (Å²) in [5, 5.41) is 19.4. The number of amides is 2. The standard InChI is InChI=1S/C40H47N3O6S/c1-40(2,3)43-24-34(49-33-18-17-28-13-7-8-14-29(28)21-33)22-37(43)39(46)41-23-32(44)20-31(19-27-11-5-4-6-12-27)38(45)42-36-26-50(47,48)25-30-15-9-10-16-35(30)36/h4-18,21,31-32,34,36-37,44H,19-20,22-26H2,1-3H3,(H,41,46)(H,42,45)/t31-,32-,34-,36+,37?/m0/s1. The Hall–Kier alpha value is -4.25. The highest BCUT2D eigenvalue weighted by Crippen LogP contribution is 2.32. The Labute approximate surface area is 295 Å². The summed E-state index contributed by atoms with van der Waals surface area (Å²) in [6, 6.07) is 29.8. The van der Waals surface area contributed by atoms with E-state index in [1.165, 1.54) is 0 Å². The summed E-state index contributed by atoms with van der Waals surface area (Å²) in [4.78, 5) is 29.6. The minimum Gasteiger partial charge on any atom is -0.489 e. The van der Waals surface area contributed by atoms with Gasteiger partial charge in [-0.1, -0.05) is 84.9 Å². The van der Waals surface area contributed by atoms with Crippen molar-refractivity contribution < 1.29 is 27.9 Å². The van der Waals surface area contributed by atoms with Crippen molar-refractivity contribution in [1.29, 1.82) is 0 Å². The second kappa shape index (κ2) is 14.9. The number of aliphatic hydroxyl groups excluding tert-OH is 1. The molecular weight excluding hydrogens is 651 g/mol. The number of sulfone groups is 1. The monoisotopic (exact) mass is 697 g/mol. The third kappa shape index (κ3) is 8.72. The molecule has 2 heterocycles. The fourth-order valence-electron chi connectivity index (χ4n) is 7.29. The van der Waals surface area contributed by atoms with E-state index in [4.69, 9.17) is 4.74 Å². The van der Waals surface area contributed by atoms with Crippen LogP contribution in [0.5, 0.6) is 5.75 Å². The molecule has 2 aliphatic heterocycles. The lowest BCUT2D eigenvalue weighted by molar-refractivity contribution is -0.127. The number of hydrogen-bond acceptors (Lipinski definition) is 7. The smallest absolute Gasteiger partial charge is 0.237 e. The van der Waals surface area contributed by atoms with E-state index in [1.54, 1.807) is 12.1 Å². The van der Waals surface area contributed by atoms with Crippen LogP contribution in [0.3, 0.4) is 0 Å². The van der Waals surface area contributed by atoms with Gasteiger partial charge in [0.1, 0.15) is 11.9 Å². The maximum Gasteiger partial charge on any atom is 0.237 e. The van der Waals surface area contributed by atoms with Crippen LogP contribution >= 0.6 is 0 Å². The van der Waals surface area contributed by atoms with E-state index < -0.39 is 33.9 Å². The highest BCUT2D eigenvalue weighted by Gasteiger charge is 2.43. The Morgan fingerprint density at radius 3 is 2.40 bits per heavy atom. The van der Waals surface area contributed by atoms with Crippen LogP contribution in [0.4, 0.5) is 0 Å². The molecule has 0 aromatic heterocycles. The van der Waals surface area contributed by atoms with Crippen LogP contribution in [0.15, 0.2) is 97.1 Å². The maximum atomic E-state index is 13.8. The van der Waals surface area contributed by atoms with Gasteiger partial charge in [0, 0.05) is 31.0 Å². The van der Waals surface area contributed by atoms with Crippen molar-refractivity contribution in [2.24, 2.45) is 5.92 Å². The minimum atomic E-state index is -3.40. The van der Waals surface area contributed by atoms with E-state index in [0.717, 1.165) is 27.6 Å². The zero-order valence-electron chi connectivity index (χ0n) is 28.9. The Kier molecular flexibility index (Phi) is 10.6. The van der Waals surface area contributed by atoms with Crippen LogP contribution in [0.1, 0.15) is 56.3 Å². The number of rotatable bonds is 11. The van der Waals surface area contributed by atoms with Gasteiger partial charge in [-0.25, -0.2) is 8.42 Å². The van der Waals surface area contributed by atoms with Crippen LogP contribution in [0, 0.1) is 5.92 Å². The molecule has 5 atom stereocenters. The molecule has 1 saturated heterocycles. The zero-order chi connectivity index (χ0) is 35.5. The molecule has 2 amide bonds. The van der Waals surface area contributed by atoms with Crippen molar-refractivity contribution in [3.8, 4) is 5.75 Å². The number of likely N-dealkylation sites (tertiary alicyclic amines) is 1. The topological polar surface area (TPSA) is 125 Å². The summed E-state index contributed by atoms with van der Waals surface area (Å²) < 4.78 is 31.8. The number of hydrogen-bond donors (Lipinski definition) is 3. The minimum absolute atomic E-state index is 0.0251. The van der Waals surface area contributed by atoms with Crippen LogP contribution in [0.2, 0.25) is 0 Å². The van der Waals surface area contributed by atoms with Gasteiger partial charge in [0.2, 0.25) is 11.8 Å². The first-order valence-corrected chi connectivity index (χ1v) is 19.2. The maximum absolute atomic E-state index is 13.8. The van der Waals surface area contributed by atoms with Crippen molar-refractivity contribution in [3.05, 3.63) is 114 Å². The average Bonchev–Trinajstić information content (AvgIpc) is 3.51. The molecular formula is C40H47N3O6S. The van der Waals surface area contributed by atoms with E-state index in [-0.39, 0.29) is 47.9 Å². The van der Waals surface area contributed by atoms with E-state index in [9.17, 15) is 23.1 Å². The van der Waals surface area contributed by atoms with Crippen molar-refractivity contribution in [1.82, 2.24) is 15.5 Å². The van der Waals surface area contributed by atoms with E-state index in [2.05, 4.69) is 42.4 Å². The van der Waals surface area contributed by atoms with Crippen molar-refractivity contribution in [2.75, 3.05) is 18.8 Å². The molecule has 3 N–H and O–H groups in total. The van der Waals surface area contributed by atoms with Crippen LogP contribution < -0.4 is 15.4 Å². The molecule has 9 nitrogen and oxygen atoms in total. The van der Waals surface area contributed by atoms with E-state index in [1.807, 2.05) is 78.9 Å². The molecule has 4 aromatic carbocycles. The second-order valence-electron chi connectivity index (χ2n) is 14.7. The normalized spacial score (nSPS) is 21.6. The molecule has 0 aliphatic carbocycles. The second-order valence-corrected chi connectivity index (χ2v) is 16.8.